The molecule has 2 N–H and O–H groups in total. The van der Waals surface area contributed by atoms with Gasteiger partial charge in [0.25, 0.3) is 0 Å². The maximum Gasteiger partial charge on any atom is 0.323 e. The van der Waals surface area contributed by atoms with Crippen molar-refractivity contribution in [2.75, 3.05) is 41.4 Å². The van der Waals surface area contributed by atoms with Crippen molar-refractivity contribution in [2.24, 2.45) is 0 Å². The van der Waals surface area contributed by atoms with Gasteiger partial charge in [0.15, 0.2) is 0 Å². The molecule has 0 aliphatic carbocycles. The summed E-state index contributed by atoms with van der Waals surface area (Å²) in [5.41, 5.74) is 0. The third kappa shape index (κ3) is 4.91. The van der Waals surface area contributed by atoms with E-state index in [2.05, 4.69) is 4.74 Å². The molecular weight excluding hydrogens is 292 g/mol. The Balaban J connectivity index is 0.000000224. The second-order valence-corrected chi connectivity index (χ2v) is 5.76. The number of aliphatic hydroxyl groups is 1. The maximum absolute atomic E-state index is 11.2. The van der Waals surface area contributed by atoms with E-state index in [1.165, 1.54) is 7.11 Å². The second-order valence-electron chi connectivity index (χ2n) is 5.76. The highest BCUT2D eigenvalue weighted by Gasteiger charge is 2.35. The van der Waals surface area contributed by atoms with E-state index in [9.17, 15) is 9.59 Å². The molecule has 0 bridgehead atoms. The molecule has 0 unspecified atom stereocenters. The standard InChI is InChI=1S/C8H15NO3.C6H11NO3/c1-9-5-6(11-2)4-7(9)8(10)12-3;1-7-3-4(8)2-5(7)6(9)10/h6-7H,4-5H2,1-3H3;4-5,8H,2-3H2,1H3,(H,9,10)/t6-,7+;4-,5+/m11/s1. The number of ether oxygens (including phenoxy) is 2. The molecule has 0 saturated carbocycles. The first-order valence-corrected chi connectivity index (χ1v) is 7.22. The molecule has 0 spiro atoms. The molecule has 2 heterocycles. The summed E-state index contributed by atoms with van der Waals surface area (Å²) in [4.78, 5) is 25.2. The number of rotatable bonds is 3. The highest BCUT2D eigenvalue weighted by Crippen LogP contribution is 2.18. The number of β-amino-alcohol motifs (C(OH)–C–C–N with tert-alkyl or cyclic N) is 1. The van der Waals surface area contributed by atoms with Crippen LogP contribution in [0.15, 0.2) is 0 Å². The third-order valence-electron chi connectivity index (χ3n) is 4.13. The molecule has 0 radical (unpaired) electrons. The van der Waals surface area contributed by atoms with Gasteiger partial charge in [-0.25, -0.2) is 0 Å². The third-order valence-corrected chi connectivity index (χ3v) is 4.13. The number of likely N-dealkylation sites (N-methyl/N-ethyl adjacent to an activating group) is 2. The van der Waals surface area contributed by atoms with E-state index < -0.39 is 18.1 Å². The number of nitrogens with zero attached hydrogens (tertiary/aromatic N) is 2. The van der Waals surface area contributed by atoms with Crippen molar-refractivity contribution in [1.82, 2.24) is 9.80 Å². The minimum Gasteiger partial charge on any atom is -0.480 e. The van der Waals surface area contributed by atoms with E-state index >= 15 is 0 Å². The lowest BCUT2D eigenvalue weighted by atomic mass is 10.2. The first-order valence-electron chi connectivity index (χ1n) is 7.22. The SMILES string of the molecule is CN1C[C@H](O)C[C@H]1C(=O)O.COC(=O)[C@@H]1C[C@@H](OC)CN1C. The lowest BCUT2D eigenvalue weighted by Crippen LogP contribution is -2.33. The monoisotopic (exact) mass is 318 g/mol. The average Bonchev–Trinajstić information content (AvgIpc) is 3.01. The van der Waals surface area contributed by atoms with Crippen LogP contribution in [0, 0.1) is 0 Å². The van der Waals surface area contributed by atoms with Crippen molar-refractivity contribution in [3.8, 4) is 0 Å². The van der Waals surface area contributed by atoms with E-state index in [1.54, 1.807) is 19.1 Å². The topological polar surface area (TPSA) is 99.5 Å². The maximum atomic E-state index is 11.2. The molecule has 2 fully saturated rings. The molecule has 2 aliphatic rings. The molecule has 0 amide bonds. The zero-order valence-corrected chi connectivity index (χ0v) is 13.6. The van der Waals surface area contributed by atoms with Gasteiger partial charge in [0.2, 0.25) is 0 Å². The average molecular weight is 318 g/mol. The van der Waals surface area contributed by atoms with Gasteiger partial charge in [-0.15, -0.1) is 0 Å². The van der Waals surface area contributed by atoms with Crippen molar-refractivity contribution >= 4 is 11.9 Å². The Morgan fingerprint density at radius 1 is 1.05 bits per heavy atom. The number of hydrogen-bond acceptors (Lipinski definition) is 7. The molecule has 8 heteroatoms. The van der Waals surface area contributed by atoms with Crippen LogP contribution in [-0.4, -0.2) is 97.6 Å². The van der Waals surface area contributed by atoms with Crippen LogP contribution < -0.4 is 0 Å². The predicted molar refractivity (Wildman–Crippen MR) is 78.5 cm³/mol. The molecule has 4 atom stereocenters. The molecule has 0 aromatic heterocycles. The van der Waals surface area contributed by atoms with Gasteiger partial charge >= 0.3 is 11.9 Å². The predicted octanol–water partition coefficient (Wildman–Crippen LogP) is -0.985. The highest BCUT2D eigenvalue weighted by atomic mass is 16.5. The number of esters is 1. The van der Waals surface area contributed by atoms with Gasteiger partial charge in [-0.1, -0.05) is 0 Å². The zero-order chi connectivity index (χ0) is 16.9. The lowest BCUT2D eigenvalue weighted by molar-refractivity contribution is -0.145. The first kappa shape index (κ1) is 18.8. The van der Waals surface area contributed by atoms with E-state index in [0.717, 1.165) is 13.0 Å². The molecule has 2 aliphatic heterocycles. The number of carboxylic acids is 1. The Kier molecular flexibility index (Phi) is 7.21. The fraction of sp³-hybridized carbons (Fsp3) is 0.857. The van der Waals surface area contributed by atoms with Crippen LogP contribution in [0.4, 0.5) is 0 Å². The summed E-state index contributed by atoms with van der Waals surface area (Å²) in [7, 11) is 6.68. The van der Waals surface area contributed by atoms with Gasteiger partial charge in [-0.3, -0.25) is 19.4 Å². The number of carbonyl (C=O) groups is 2. The quantitative estimate of drug-likeness (QED) is 0.640. The van der Waals surface area contributed by atoms with E-state index in [0.29, 0.717) is 13.0 Å². The minimum atomic E-state index is -0.848. The van der Waals surface area contributed by atoms with E-state index in [4.69, 9.17) is 14.9 Å². The van der Waals surface area contributed by atoms with E-state index in [1.807, 2.05) is 11.9 Å². The number of carboxylic acid groups (broad SMARTS) is 1. The first-order chi connectivity index (χ1) is 10.3. The van der Waals surface area contributed by atoms with Crippen LogP contribution in [0.5, 0.6) is 0 Å². The highest BCUT2D eigenvalue weighted by molar-refractivity contribution is 5.76. The second kappa shape index (κ2) is 8.42. The van der Waals surface area contributed by atoms with Crippen LogP contribution in [-0.2, 0) is 19.1 Å². The van der Waals surface area contributed by atoms with Crippen molar-refractivity contribution in [3.05, 3.63) is 0 Å². The van der Waals surface area contributed by atoms with Crippen LogP contribution in [0.25, 0.3) is 0 Å². The molecule has 2 saturated heterocycles. The Hall–Kier alpha value is -1.22. The van der Waals surface area contributed by atoms with Gasteiger partial charge in [0.1, 0.15) is 12.1 Å². The van der Waals surface area contributed by atoms with Crippen LogP contribution in [0.2, 0.25) is 0 Å². The number of likely N-dealkylation sites (tertiary alicyclic amines) is 2. The molecule has 2 rings (SSSR count). The van der Waals surface area contributed by atoms with Gasteiger partial charge in [-0.2, -0.15) is 0 Å². The number of hydrogen-bond donors (Lipinski definition) is 2. The smallest absolute Gasteiger partial charge is 0.323 e. The van der Waals surface area contributed by atoms with Crippen molar-refractivity contribution in [3.63, 3.8) is 0 Å². The Morgan fingerprint density at radius 3 is 1.95 bits per heavy atom. The fourth-order valence-corrected chi connectivity index (χ4v) is 2.80. The Labute approximate surface area is 130 Å². The number of aliphatic hydroxyl groups excluding tert-OH is 1. The van der Waals surface area contributed by atoms with E-state index in [-0.39, 0.29) is 18.1 Å². The summed E-state index contributed by atoms with van der Waals surface area (Å²) >= 11 is 0. The minimum absolute atomic E-state index is 0.125. The molecule has 0 aromatic carbocycles. The number of aliphatic carboxylic acids is 1. The van der Waals surface area contributed by atoms with Crippen LogP contribution in [0.1, 0.15) is 12.8 Å². The summed E-state index contributed by atoms with van der Waals surface area (Å²) in [6.45, 7) is 1.27. The summed E-state index contributed by atoms with van der Waals surface area (Å²) in [5, 5.41) is 17.6. The van der Waals surface area contributed by atoms with Gasteiger partial charge in [0.05, 0.1) is 19.3 Å². The fourth-order valence-electron chi connectivity index (χ4n) is 2.80. The van der Waals surface area contributed by atoms with Gasteiger partial charge in [-0.05, 0) is 14.1 Å². The van der Waals surface area contributed by atoms with Crippen LogP contribution in [0.3, 0.4) is 0 Å². The summed E-state index contributed by atoms with van der Waals surface area (Å²) < 4.78 is 9.82. The summed E-state index contributed by atoms with van der Waals surface area (Å²) in [6.07, 6.45) is 0.788. The molecular formula is C14H26N2O6. The van der Waals surface area contributed by atoms with Crippen molar-refractivity contribution < 1.29 is 29.3 Å². The Morgan fingerprint density at radius 2 is 1.64 bits per heavy atom. The van der Waals surface area contributed by atoms with Crippen molar-refractivity contribution in [1.29, 1.82) is 0 Å². The van der Waals surface area contributed by atoms with Crippen molar-refractivity contribution in [2.45, 2.75) is 37.1 Å². The molecule has 22 heavy (non-hydrogen) atoms. The summed E-state index contributed by atoms with van der Waals surface area (Å²) in [5.74, 6) is -1.02. The van der Waals surface area contributed by atoms with Gasteiger partial charge < -0.3 is 19.7 Å². The lowest BCUT2D eigenvalue weighted by Gasteiger charge is -2.15. The number of methoxy groups -OCH3 is 2. The molecule has 128 valence electrons. The Bertz CT molecular complexity index is 392. The molecule has 8 nitrogen and oxygen atoms in total. The van der Waals surface area contributed by atoms with Crippen LogP contribution >= 0.6 is 0 Å². The largest absolute Gasteiger partial charge is 0.480 e. The normalized spacial score (nSPS) is 32.4. The van der Waals surface area contributed by atoms with Gasteiger partial charge in [0, 0.05) is 33.0 Å². The number of carbonyl (C=O) groups excluding carboxylic acids is 1. The molecule has 0 aromatic rings. The zero-order valence-electron chi connectivity index (χ0n) is 13.6. The summed E-state index contributed by atoms with van der Waals surface area (Å²) in [6, 6.07) is -0.616.